The van der Waals surface area contributed by atoms with Crippen molar-refractivity contribution in [3.8, 4) is 0 Å². The van der Waals surface area contributed by atoms with Crippen LogP contribution in [-0.4, -0.2) is 19.6 Å². The van der Waals surface area contributed by atoms with Gasteiger partial charge in [0.2, 0.25) is 10.0 Å². The second-order valence-corrected chi connectivity index (χ2v) is 6.50. The SMILES string of the molecule is CCCC(CC)NS(=O)(=O)Cc1ccc(CO)cc1. The van der Waals surface area contributed by atoms with Gasteiger partial charge in [0, 0.05) is 6.04 Å². The van der Waals surface area contributed by atoms with Gasteiger partial charge in [0.15, 0.2) is 0 Å². The van der Waals surface area contributed by atoms with E-state index in [1.165, 1.54) is 0 Å². The molecule has 0 aromatic heterocycles. The third-order valence-corrected chi connectivity index (χ3v) is 4.44. The van der Waals surface area contributed by atoms with Gasteiger partial charge in [0.05, 0.1) is 12.4 Å². The average molecular weight is 285 g/mol. The molecule has 0 bridgehead atoms. The lowest BCUT2D eigenvalue weighted by Gasteiger charge is -2.16. The predicted octanol–water partition coefficient (Wildman–Crippen LogP) is 2.18. The molecule has 0 amide bonds. The zero-order valence-corrected chi connectivity index (χ0v) is 12.4. The van der Waals surface area contributed by atoms with Gasteiger partial charge in [-0.05, 0) is 24.0 Å². The van der Waals surface area contributed by atoms with Gasteiger partial charge in [-0.3, -0.25) is 0 Å². The Balaban J connectivity index is 2.67. The van der Waals surface area contributed by atoms with E-state index in [9.17, 15) is 8.42 Å². The molecule has 0 aliphatic carbocycles. The highest BCUT2D eigenvalue weighted by molar-refractivity contribution is 7.88. The number of sulfonamides is 1. The van der Waals surface area contributed by atoms with Crippen LogP contribution in [0.2, 0.25) is 0 Å². The van der Waals surface area contributed by atoms with Crippen molar-refractivity contribution >= 4 is 10.0 Å². The fraction of sp³-hybridized carbons (Fsp3) is 0.571. The van der Waals surface area contributed by atoms with E-state index in [0.717, 1.165) is 30.4 Å². The molecule has 1 aromatic carbocycles. The van der Waals surface area contributed by atoms with Crippen LogP contribution in [0.4, 0.5) is 0 Å². The van der Waals surface area contributed by atoms with Gasteiger partial charge in [-0.25, -0.2) is 13.1 Å². The van der Waals surface area contributed by atoms with Crippen molar-refractivity contribution in [1.82, 2.24) is 4.72 Å². The maximum absolute atomic E-state index is 12.0. The molecule has 2 N–H and O–H groups in total. The Morgan fingerprint density at radius 3 is 2.21 bits per heavy atom. The summed E-state index contributed by atoms with van der Waals surface area (Å²) in [5.74, 6) is -0.0150. The first-order valence-corrected chi connectivity index (χ1v) is 8.34. The van der Waals surface area contributed by atoms with Crippen molar-refractivity contribution in [1.29, 1.82) is 0 Å². The van der Waals surface area contributed by atoms with Crippen LogP contribution in [0, 0.1) is 0 Å². The Kier molecular flexibility index (Phi) is 6.48. The Morgan fingerprint density at radius 1 is 1.16 bits per heavy atom. The highest BCUT2D eigenvalue weighted by Gasteiger charge is 2.16. The molecule has 19 heavy (non-hydrogen) atoms. The number of benzene rings is 1. The minimum atomic E-state index is -3.30. The first-order valence-electron chi connectivity index (χ1n) is 6.69. The number of aliphatic hydroxyl groups is 1. The molecule has 0 saturated heterocycles. The minimum absolute atomic E-state index is 0.0150. The van der Waals surface area contributed by atoms with Crippen LogP contribution in [0.15, 0.2) is 24.3 Å². The molecule has 0 saturated carbocycles. The third-order valence-electron chi connectivity index (χ3n) is 3.04. The van der Waals surface area contributed by atoms with Gasteiger partial charge < -0.3 is 5.11 Å². The number of nitrogens with one attached hydrogen (secondary N) is 1. The number of hydrogen-bond donors (Lipinski definition) is 2. The van der Waals surface area contributed by atoms with Crippen LogP contribution in [0.25, 0.3) is 0 Å². The summed E-state index contributed by atoms with van der Waals surface area (Å²) in [6.45, 7) is 4.00. The molecule has 0 spiro atoms. The minimum Gasteiger partial charge on any atom is -0.392 e. The molecule has 0 radical (unpaired) electrons. The van der Waals surface area contributed by atoms with Crippen molar-refractivity contribution in [2.45, 2.75) is 51.5 Å². The first kappa shape index (κ1) is 16.1. The van der Waals surface area contributed by atoms with E-state index in [2.05, 4.69) is 4.72 Å². The summed E-state index contributed by atoms with van der Waals surface area (Å²) in [7, 11) is -3.30. The smallest absolute Gasteiger partial charge is 0.216 e. The molecular weight excluding hydrogens is 262 g/mol. The van der Waals surface area contributed by atoms with Gasteiger partial charge >= 0.3 is 0 Å². The molecule has 0 aliphatic rings. The summed E-state index contributed by atoms with van der Waals surface area (Å²) in [5, 5.41) is 8.94. The Labute approximate surface area is 115 Å². The summed E-state index contributed by atoms with van der Waals surface area (Å²) >= 11 is 0. The number of rotatable bonds is 8. The lowest BCUT2D eigenvalue weighted by atomic mass is 10.1. The van der Waals surface area contributed by atoms with Crippen molar-refractivity contribution in [2.75, 3.05) is 0 Å². The van der Waals surface area contributed by atoms with Crippen LogP contribution in [0.1, 0.15) is 44.2 Å². The van der Waals surface area contributed by atoms with Crippen molar-refractivity contribution in [2.24, 2.45) is 0 Å². The van der Waals surface area contributed by atoms with Gasteiger partial charge in [-0.2, -0.15) is 0 Å². The highest BCUT2D eigenvalue weighted by Crippen LogP contribution is 2.10. The third kappa shape index (κ3) is 5.72. The van der Waals surface area contributed by atoms with Gasteiger partial charge in [-0.1, -0.05) is 44.5 Å². The van der Waals surface area contributed by atoms with Crippen molar-refractivity contribution in [3.63, 3.8) is 0 Å². The van der Waals surface area contributed by atoms with E-state index in [0.29, 0.717) is 0 Å². The van der Waals surface area contributed by atoms with Crippen LogP contribution >= 0.6 is 0 Å². The maximum atomic E-state index is 12.0. The molecule has 0 heterocycles. The van der Waals surface area contributed by atoms with E-state index in [1.54, 1.807) is 24.3 Å². The molecule has 108 valence electrons. The van der Waals surface area contributed by atoms with Crippen LogP contribution in [0.5, 0.6) is 0 Å². The molecule has 1 unspecified atom stereocenters. The van der Waals surface area contributed by atoms with Crippen molar-refractivity contribution in [3.05, 3.63) is 35.4 Å². The van der Waals surface area contributed by atoms with Crippen LogP contribution < -0.4 is 4.72 Å². The summed E-state index contributed by atoms with van der Waals surface area (Å²) in [4.78, 5) is 0. The Hall–Kier alpha value is -0.910. The summed E-state index contributed by atoms with van der Waals surface area (Å²) in [6.07, 6.45) is 2.63. The van der Waals surface area contributed by atoms with Crippen LogP contribution in [0.3, 0.4) is 0 Å². The normalized spacial score (nSPS) is 13.4. The average Bonchev–Trinajstić information content (AvgIpc) is 2.38. The Bertz CT molecular complexity index is 468. The first-order chi connectivity index (χ1) is 9.00. The van der Waals surface area contributed by atoms with E-state index in [4.69, 9.17) is 5.11 Å². The number of aliphatic hydroxyl groups excluding tert-OH is 1. The number of hydrogen-bond acceptors (Lipinski definition) is 3. The zero-order valence-electron chi connectivity index (χ0n) is 11.6. The molecular formula is C14H23NO3S. The van der Waals surface area contributed by atoms with E-state index in [-0.39, 0.29) is 18.4 Å². The largest absolute Gasteiger partial charge is 0.392 e. The van der Waals surface area contributed by atoms with Crippen molar-refractivity contribution < 1.29 is 13.5 Å². The Morgan fingerprint density at radius 2 is 1.74 bits per heavy atom. The molecule has 4 nitrogen and oxygen atoms in total. The molecule has 0 fully saturated rings. The standard InChI is InChI=1S/C14H23NO3S/c1-3-5-14(4-2)15-19(17,18)11-13-8-6-12(10-16)7-9-13/h6-9,14-16H,3-5,10-11H2,1-2H3. The molecule has 0 aliphatic heterocycles. The van der Waals surface area contributed by atoms with Gasteiger partial charge in [0.25, 0.3) is 0 Å². The van der Waals surface area contributed by atoms with E-state index >= 15 is 0 Å². The quantitative estimate of drug-likeness (QED) is 0.769. The molecule has 5 heteroatoms. The fourth-order valence-electron chi connectivity index (χ4n) is 1.95. The maximum Gasteiger partial charge on any atom is 0.216 e. The van der Waals surface area contributed by atoms with Crippen LogP contribution in [-0.2, 0) is 22.4 Å². The summed E-state index contributed by atoms with van der Waals surface area (Å²) in [6, 6.07) is 6.99. The second-order valence-electron chi connectivity index (χ2n) is 4.75. The van der Waals surface area contributed by atoms with Gasteiger partial charge in [-0.15, -0.1) is 0 Å². The topological polar surface area (TPSA) is 66.4 Å². The predicted molar refractivity (Wildman–Crippen MR) is 77.1 cm³/mol. The van der Waals surface area contributed by atoms with E-state index < -0.39 is 10.0 Å². The van der Waals surface area contributed by atoms with E-state index in [1.807, 2.05) is 13.8 Å². The summed E-state index contributed by atoms with van der Waals surface area (Å²) < 4.78 is 26.8. The molecule has 1 atom stereocenters. The highest BCUT2D eigenvalue weighted by atomic mass is 32.2. The second kappa shape index (κ2) is 7.62. The monoisotopic (exact) mass is 285 g/mol. The van der Waals surface area contributed by atoms with Gasteiger partial charge in [0.1, 0.15) is 0 Å². The molecule has 1 aromatic rings. The zero-order chi connectivity index (χ0) is 14.3. The summed E-state index contributed by atoms with van der Waals surface area (Å²) in [5.41, 5.74) is 1.52. The molecule has 1 rings (SSSR count). The fourth-order valence-corrected chi connectivity index (χ4v) is 3.46. The lowest BCUT2D eigenvalue weighted by Crippen LogP contribution is -2.35. The lowest BCUT2D eigenvalue weighted by molar-refractivity contribution is 0.282.